The van der Waals surface area contributed by atoms with Gasteiger partial charge in [0.1, 0.15) is 0 Å². The Bertz CT molecular complexity index is 134. The van der Waals surface area contributed by atoms with Crippen molar-refractivity contribution in [2.45, 2.75) is 6.17 Å². The fraction of sp³-hybridized carbons (Fsp3) is 0.667. The minimum Gasteiger partial charge on any atom is -0.463 e. The molecule has 6 nitrogen and oxygen atoms in total. The van der Waals surface area contributed by atoms with E-state index in [0.29, 0.717) is 0 Å². The number of carbonyl (C=O) groups is 1. The van der Waals surface area contributed by atoms with Crippen molar-refractivity contribution >= 4 is 5.97 Å². The molecule has 0 aromatic rings. The highest BCUT2D eigenvalue weighted by atomic mass is 16.6. The smallest absolute Gasteiger partial charge is 0.397 e. The number of ether oxygens (including phenoxy) is 1. The second-order valence-electron chi connectivity index (χ2n) is 1.25. The summed E-state index contributed by atoms with van der Waals surface area (Å²) in [5.74, 6) is -1.04. The third-order valence-electron chi connectivity index (χ3n) is 0.670. The van der Waals surface area contributed by atoms with Crippen LogP contribution in [-0.2, 0) is 9.53 Å². The molecule has 0 rings (SSSR count). The van der Waals surface area contributed by atoms with E-state index in [1.807, 2.05) is 0 Å². The van der Waals surface area contributed by atoms with E-state index in [4.69, 9.17) is 5.73 Å². The van der Waals surface area contributed by atoms with Gasteiger partial charge in [-0.15, -0.1) is 0 Å². The fourth-order valence-corrected chi connectivity index (χ4v) is 0.207. The van der Waals surface area contributed by atoms with Crippen molar-refractivity contribution < 1.29 is 14.5 Å². The Balaban J connectivity index is 3.88. The second-order valence-corrected chi connectivity index (χ2v) is 1.25. The molecule has 0 aromatic carbocycles. The highest BCUT2D eigenvalue weighted by Crippen LogP contribution is 1.82. The highest BCUT2D eigenvalue weighted by molar-refractivity contribution is 5.73. The van der Waals surface area contributed by atoms with E-state index in [-0.39, 0.29) is 0 Å². The number of nitrogens with zero attached hydrogens (tertiary/aromatic N) is 1. The summed E-state index contributed by atoms with van der Waals surface area (Å²) in [6.45, 7) is 0. The Morgan fingerprint density at radius 2 is 2.33 bits per heavy atom. The summed E-state index contributed by atoms with van der Waals surface area (Å²) in [6, 6.07) is 0. The highest BCUT2D eigenvalue weighted by Gasteiger charge is 2.24. The molecule has 1 atom stereocenters. The van der Waals surface area contributed by atoms with Crippen molar-refractivity contribution in [3.63, 3.8) is 0 Å². The first-order valence-corrected chi connectivity index (χ1v) is 2.06. The molecule has 0 aliphatic carbocycles. The molecule has 0 spiro atoms. The van der Waals surface area contributed by atoms with Gasteiger partial charge in [0.25, 0.3) is 0 Å². The standard InChI is InChI=1S/C3H6N2O4/c1-9-3(6)2(4)5(7)8/h2H,4H2,1H3. The van der Waals surface area contributed by atoms with Gasteiger partial charge in [-0.2, -0.15) is 0 Å². The Morgan fingerprint density at radius 3 is 2.44 bits per heavy atom. The van der Waals surface area contributed by atoms with Crippen LogP contribution >= 0.6 is 0 Å². The topological polar surface area (TPSA) is 95.5 Å². The Kier molecular flexibility index (Phi) is 2.59. The maximum Gasteiger partial charge on any atom is 0.397 e. The van der Waals surface area contributed by atoms with Crippen LogP contribution in [-0.4, -0.2) is 24.2 Å². The van der Waals surface area contributed by atoms with Crippen molar-refractivity contribution in [3.05, 3.63) is 10.1 Å². The largest absolute Gasteiger partial charge is 0.463 e. The molecule has 2 N–H and O–H groups in total. The van der Waals surface area contributed by atoms with E-state index < -0.39 is 17.1 Å². The second kappa shape index (κ2) is 2.98. The number of hydrogen-bond acceptors (Lipinski definition) is 5. The first-order chi connectivity index (χ1) is 4.09. The van der Waals surface area contributed by atoms with Gasteiger partial charge in [0.2, 0.25) is 0 Å². The molecule has 52 valence electrons. The SMILES string of the molecule is COC(=O)C(N)[N+](=O)[O-]. The van der Waals surface area contributed by atoms with Crippen LogP contribution in [0.25, 0.3) is 0 Å². The molecule has 1 unspecified atom stereocenters. The van der Waals surface area contributed by atoms with Gasteiger partial charge < -0.3 is 4.74 Å². The minimum absolute atomic E-state index is 0.925. The van der Waals surface area contributed by atoms with Crippen molar-refractivity contribution in [1.82, 2.24) is 0 Å². The van der Waals surface area contributed by atoms with Crippen LogP contribution in [0.2, 0.25) is 0 Å². The van der Waals surface area contributed by atoms with E-state index >= 15 is 0 Å². The Hall–Kier alpha value is -1.17. The van der Waals surface area contributed by atoms with Crippen molar-refractivity contribution in [2.24, 2.45) is 5.73 Å². The number of nitro groups is 1. The van der Waals surface area contributed by atoms with E-state index in [0.717, 1.165) is 7.11 Å². The zero-order chi connectivity index (χ0) is 7.44. The van der Waals surface area contributed by atoms with Gasteiger partial charge in [0.05, 0.1) is 12.0 Å². The van der Waals surface area contributed by atoms with Crippen molar-refractivity contribution in [1.29, 1.82) is 0 Å². The monoisotopic (exact) mass is 134 g/mol. The van der Waals surface area contributed by atoms with Crippen LogP contribution in [0.5, 0.6) is 0 Å². The van der Waals surface area contributed by atoms with Gasteiger partial charge in [0, 0.05) is 0 Å². The summed E-state index contributed by atoms with van der Waals surface area (Å²) in [7, 11) is 1.03. The molecular weight excluding hydrogens is 128 g/mol. The predicted octanol–water partition coefficient (Wildman–Crippen LogP) is -1.28. The van der Waals surface area contributed by atoms with Crippen LogP contribution < -0.4 is 5.73 Å². The molecule has 0 aromatic heterocycles. The molecule has 0 saturated heterocycles. The van der Waals surface area contributed by atoms with Crippen LogP contribution in [0.4, 0.5) is 0 Å². The van der Waals surface area contributed by atoms with Crippen LogP contribution in [0.1, 0.15) is 0 Å². The van der Waals surface area contributed by atoms with Gasteiger partial charge in [-0.05, 0) is 0 Å². The predicted molar refractivity (Wildman–Crippen MR) is 27.0 cm³/mol. The number of esters is 1. The minimum atomic E-state index is -1.75. The zero-order valence-electron chi connectivity index (χ0n) is 4.73. The first-order valence-electron chi connectivity index (χ1n) is 2.06. The third-order valence-corrected chi connectivity index (χ3v) is 0.670. The lowest BCUT2D eigenvalue weighted by atomic mass is 10.5. The molecule has 0 aliphatic rings. The first kappa shape index (κ1) is 7.83. The number of rotatable bonds is 2. The lowest BCUT2D eigenvalue weighted by Crippen LogP contribution is -2.38. The number of nitrogens with two attached hydrogens (primary N) is 1. The number of hydrogen-bond donors (Lipinski definition) is 1. The van der Waals surface area contributed by atoms with E-state index in [1.54, 1.807) is 0 Å². The fourth-order valence-electron chi connectivity index (χ4n) is 0.207. The normalized spacial score (nSPS) is 12.2. The molecule has 0 bridgehead atoms. The zero-order valence-corrected chi connectivity index (χ0v) is 4.73. The van der Waals surface area contributed by atoms with Gasteiger partial charge >= 0.3 is 12.1 Å². The van der Waals surface area contributed by atoms with E-state index in [9.17, 15) is 14.9 Å². The van der Waals surface area contributed by atoms with Gasteiger partial charge in [0.15, 0.2) is 0 Å². The van der Waals surface area contributed by atoms with Gasteiger partial charge in [-0.25, -0.2) is 4.79 Å². The quantitative estimate of drug-likeness (QED) is 0.219. The van der Waals surface area contributed by atoms with E-state index in [1.165, 1.54) is 0 Å². The molecule has 0 fully saturated rings. The molecule has 0 saturated carbocycles. The molecule has 9 heavy (non-hydrogen) atoms. The molecule has 0 amide bonds. The van der Waals surface area contributed by atoms with Gasteiger partial charge in [-0.1, -0.05) is 0 Å². The maximum absolute atomic E-state index is 10.2. The molecule has 6 heteroatoms. The van der Waals surface area contributed by atoms with Gasteiger partial charge in [-0.3, -0.25) is 15.8 Å². The third kappa shape index (κ3) is 2.04. The molecule has 0 radical (unpaired) electrons. The lowest BCUT2D eigenvalue weighted by Gasteiger charge is -1.98. The van der Waals surface area contributed by atoms with E-state index in [2.05, 4.69) is 4.74 Å². The summed E-state index contributed by atoms with van der Waals surface area (Å²) in [5, 5.41) is 9.68. The summed E-state index contributed by atoms with van der Waals surface area (Å²) in [6.07, 6.45) is -1.75. The molecule has 0 aliphatic heterocycles. The molecular formula is C3H6N2O4. The maximum atomic E-state index is 10.2. The number of carbonyl (C=O) groups excluding carboxylic acids is 1. The van der Waals surface area contributed by atoms with Crippen LogP contribution in [0.3, 0.4) is 0 Å². The number of methoxy groups -OCH3 is 1. The Labute approximate surface area is 50.7 Å². The van der Waals surface area contributed by atoms with Crippen molar-refractivity contribution in [2.75, 3.05) is 7.11 Å². The summed E-state index contributed by atoms with van der Waals surface area (Å²) in [4.78, 5) is 18.9. The summed E-state index contributed by atoms with van der Waals surface area (Å²) in [5.41, 5.74) is 4.70. The average molecular weight is 134 g/mol. The lowest BCUT2D eigenvalue weighted by molar-refractivity contribution is -0.509. The summed E-state index contributed by atoms with van der Waals surface area (Å²) < 4.78 is 3.97. The summed E-state index contributed by atoms with van der Waals surface area (Å²) >= 11 is 0. The molecule has 0 heterocycles. The average Bonchev–Trinajstić information content (AvgIpc) is 1.84. The van der Waals surface area contributed by atoms with Crippen LogP contribution in [0, 0.1) is 10.1 Å². The Morgan fingerprint density at radius 1 is 1.89 bits per heavy atom. The van der Waals surface area contributed by atoms with Crippen molar-refractivity contribution in [3.8, 4) is 0 Å². The van der Waals surface area contributed by atoms with Crippen LogP contribution in [0.15, 0.2) is 0 Å².